The molecule has 3 rings (SSSR count). The largest absolute Gasteiger partial charge is 0.459 e. The highest BCUT2D eigenvalue weighted by molar-refractivity contribution is 7.80. The van der Waals surface area contributed by atoms with Gasteiger partial charge in [0.15, 0.2) is 17.7 Å². The predicted molar refractivity (Wildman–Crippen MR) is 241 cm³/mol. The highest BCUT2D eigenvalue weighted by Gasteiger charge is 2.53. The van der Waals surface area contributed by atoms with E-state index in [1.165, 1.54) is 14.0 Å². The second kappa shape index (κ2) is 23.9. The third-order valence-electron chi connectivity index (χ3n) is 13.8. The first kappa shape index (κ1) is 55.0. The third kappa shape index (κ3) is 14.1. The van der Waals surface area contributed by atoms with Crippen molar-refractivity contribution in [3.05, 3.63) is 0 Å². The van der Waals surface area contributed by atoms with Crippen LogP contribution in [0, 0.1) is 17.8 Å². The molecule has 3 aliphatic heterocycles. The molecule has 0 aromatic heterocycles. The van der Waals surface area contributed by atoms with Crippen LogP contribution in [-0.4, -0.2) is 184 Å². The van der Waals surface area contributed by atoms with Gasteiger partial charge in [-0.15, -0.1) is 0 Å². The van der Waals surface area contributed by atoms with E-state index in [0.717, 1.165) is 19.4 Å². The summed E-state index contributed by atoms with van der Waals surface area (Å²) in [6, 6.07) is -0.895. The zero-order valence-corrected chi connectivity index (χ0v) is 41.2. The molecule has 0 bridgehead atoms. The number of cyclic esters (lactones) is 1. The van der Waals surface area contributed by atoms with Crippen molar-refractivity contribution in [2.24, 2.45) is 17.8 Å². The van der Waals surface area contributed by atoms with Crippen molar-refractivity contribution in [1.82, 2.24) is 20.4 Å². The number of aliphatic hydroxyl groups excluding tert-OH is 3. The number of hydrogen-bond donors (Lipinski definition) is 7. The molecule has 0 aromatic carbocycles. The number of unbranched alkanes of at least 4 members (excludes halogenated alkanes) is 1. The van der Waals surface area contributed by atoms with Crippen molar-refractivity contribution in [1.29, 1.82) is 0 Å². The number of ether oxygens (including phenoxy) is 6. The number of esters is 1. The molecule has 0 radical (unpaired) electrons. The van der Waals surface area contributed by atoms with Crippen LogP contribution in [0.3, 0.4) is 0 Å². The Morgan fingerprint density at radius 1 is 0.935 bits per heavy atom. The maximum Gasteiger partial charge on any atom is 0.311 e. The van der Waals surface area contributed by atoms with Crippen molar-refractivity contribution < 1.29 is 58.7 Å². The molecule has 0 aliphatic carbocycles. The van der Waals surface area contributed by atoms with Crippen LogP contribution in [0.1, 0.15) is 121 Å². The lowest BCUT2D eigenvalue weighted by Gasteiger charge is -2.48. The summed E-state index contributed by atoms with van der Waals surface area (Å²) in [5.74, 6) is -2.72. The standard InChI is InChI=1S/C45H86N4O12S/c1-15-17-19-46-42(62)47-20-18-21-49-25-26(3)23-43(9,54)39(61-41-35(50)32(48(12)13)22-27(4)57-41)28(5)36(60-34-24-44(10,56-14)38(52)31(8)58-34)29(6)40(53)59-33(16-2)45(11,55)37(51)30(49)7/h26-39,41,50-52,54-55H,15-25H2,1-14H3,(H2,46,47,62)/t26-,27-,28+,29-,30-,31+,32+,33-,34+,35-,36+,37-,38+,39-,41+,43-,44-,45-/m1/s1. The third-order valence-corrected chi connectivity index (χ3v) is 14.0. The fourth-order valence-corrected chi connectivity index (χ4v) is 10.0. The summed E-state index contributed by atoms with van der Waals surface area (Å²) in [4.78, 5) is 18.5. The Kier molecular flexibility index (Phi) is 21.2. The van der Waals surface area contributed by atoms with E-state index >= 15 is 0 Å². The Bertz CT molecular complexity index is 1380. The topological polar surface area (TPSA) is 204 Å². The highest BCUT2D eigenvalue weighted by Crippen LogP contribution is 2.40. The molecule has 62 heavy (non-hydrogen) atoms. The number of likely N-dealkylation sites (N-methyl/N-ethyl adjacent to an activating group) is 1. The number of methoxy groups -OCH3 is 1. The molecule has 0 saturated carbocycles. The fourth-order valence-electron chi connectivity index (χ4n) is 9.82. The number of nitrogens with zero attached hydrogens (tertiary/aromatic N) is 2. The van der Waals surface area contributed by atoms with Gasteiger partial charge in [0.2, 0.25) is 0 Å². The average Bonchev–Trinajstić information content (AvgIpc) is 3.20. The minimum absolute atomic E-state index is 0.119. The summed E-state index contributed by atoms with van der Waals surface area (Å²) in [7, 11) is 5.29. The number of nitrogens with one attached hydrogen (secondary N) is 2. The molecule has 364 valence electrons. The van der Waals surface area contributed by atoms with E-state index in [-0.39, 0.29) is 37.3 Å². The summed E-state index contributed by atoms with van der Waals surface area (Å²) in [6.45, 7) is 22.2. The predicted octanol–water partition coefficient (Wildman–Crippen LogP) is 2.93. The number of carbonyl (C=O) groups is 1. The molecular formula is C45H86N4O12S. The van der Waals surface area contributed by atoms with Crippen LogP contribution in [0.25, 0.3) is 0 Å². The van der Waals surface area contributed by atoms with Gasteiger partial charge in [-0.1, -0.05) is 34.1 Å². The monoisotopic (exact) mass is 907 g/mol. The molecule has 3 saturated heterocycles. The van der Waals surface area contributed by atoms with E-state index < -0.39 is 96.0 Å². The quantitative estimate of drug-likeness (QED) is 0.0761. The maximum absolute atomic E-state index is 14.5. The number of aliphatic hydroxyl groups is 5. The first-order valence-electron chi connectivity index (χ1n) is 23.1. The Hall–Kier alpha value is -1.32. The van der Waals surface area contributed by atoms with Gasteiger partial charge >= 0.3 is 5.97 Å². The van der Waals surface area contributed by atoms with Gasteiger partial charge in [-0.2, -0.15) is 0 Å². The molecular weight excluding hydrogens is 821 g/mol. The molecule has 16 nitrogen and oxygen atoms in total. The molecule has 3 aliphatic rings. The Balaban J connectivity index is 2.13. The van der Waals surface area contributed by atoms with Crippen molar-refractivity contribution >= 4 is 23.3 Å². The van der Waals surface area contributed by atoms with Gasteiger partial charge in [-0.25, -0.2) is 0 Å². The molecule has 0 spiro atoms. The first-order chi connectivity index (χ1) is 28.8. The zero-order valence-electron chi connectivity index (χ0n) is 40.3. The van der Waals surface area contributed by atoms with Crippen molar-refractivity contribution in [3.63, 3.8) is 0 Å². The Morgan fingerprint density at radius 2 is 1.56 bits per heavy atom. The van der Waals surface area contributed by atoms with Crippen LogP contribution < -0.4 is 10.6 Å². The first-order valence-corrected chi connectivity index (χ1v) is 23.5. The molecule has 3 heterocycles. The number of carbonyl (C=O) groups excluding carboxylic acids is 1. The van der Waals surface area contributed by atoms with Gasteiger partial charge in [0.1, 0.15) is 30.0 Å². The van der Waals surface area contributed by atoms with E-state index in [1.807, 2.05) is 46.7 Å². The summed E-state index contributed by atoms with van der Waals surface area (Å²) in [6.07, 6.45) is -5.86. The highest BCUT2D eigenvalue weighted by atomic mass is 32.1. The smallest absolute Gasteiger partial charge is 0.311 e. The van der Waals surface area contributed by atoms with E-state index in [1.54, 1.807) is 34.6 Å². The molecule has 17 heteroatoms. The molecule has 18 atom stereocenters. The number of hydrogen-bond acceptors (Lipinski definition) is 15. The van der Waals surface area contributed by atoms with Crippen LogP contribution in [0.5, 0.6) is 0 Å². The van der Waals surface area contributed by atoms with Gasteiger partial charge in [0, 0.05) is 57.7 Å². The second-order valence-corrected chi connectivity index (χ2v) is 20.0. The minimum Gasteiger partial charge on any atom is -0.459 e. The summed E-state index contributed by atoms with van der Waals surface area (Å²) < 4.78 is 38.0. The lowest BCUT2D eigenvalue weighted by atomic mass is 9.77. The number of rotatable bonds is 14. The second-order valence-electron chi connectivity index (χ2n) is 19.6. The lowest BCUT2D eigenvalue weighted by Crippen LogP contribution is -2.60. The average molecular weight is 907 g/mol. The normalized spacial score (nSPS) is 43.4. The van der Waals surface area contributed by atoms with Gasteiger partial charge in [0.25, 0.3) is 0 Å². The van der Waals surface area contributed by atoms with E-state index in [9.17, 15) is 30.3 Å². The van der Waals surface area contributed by atoms with Crippen LogP contribution in [0.15, 0.2) is 0 Å². The molecule has 7 N–H and O–H groups in total. The van der Waals surface area contributed by atoms with Crippen molar-refractivity contribution in [2.45, 2.75) is 211 Å². The van der Waals surface area contributed by atoms with Gasteiger partial charge in [-0.05, 0) is 113 Å². The summed E-state index contributed by atoms with van der Waals surface area (Å²) >= 11 is 5.48. The van der Waals surface area contributed by atoms with Crippen LogP contribution in [0.4, 0.5) is 0 Å². The van der Waals surface area contributed by atoms with Gasteiger partial charge in [-0.3, -0.25) is 9.69 Å². The summed E-state index contributed by atoms with van der Waals surface area (Å²) in [5.41, 5.74) is -4.51. The SMILES string of the molecule is CCCCNC(=S)NCCCN1C[C@H](C)C[C@@](C)(O)[C@H](O[C@@H]2O[C@H](C)C[C@H](N(C)C)[C@H]2O)[C@@H](C)[C@H](O[C@H]2C[C@@](C)(OC)[C@@H](O)[C@H](C)O2)[C@@H](C)C(=O)O[C@H](CC)[C@@](C)(O)[C@H](O)[C@H]1C. The number of thiocarbonyl (C=S) groups is 1. The molecule has 3 fully saturated rings. The minimum atomic E-state index is -1.86. The molecule has 0 aromatic rings. The fraction of sp³-hybridized carbons (Fsp3) is 0.956. The zero-order chi connectivity index (χ0) is 46.9. The van der Waals surface area contributed by atoms with Crippen LogP contribution >= 0.6 is 12.2 Å². The lowest BCUT2D eigenvalue weighted by molar-refractivity contribution is -0.318. The van der Waals surface area contributed by atoms with Gasteiger partial charge < -0.3 is 69.5 Å². The van der Waals surface area contributed by atoms with E-state index in [0.29, 0.717) is 37.6 Å². The van der Waals surface area contributed by atoms with Crippen LogP contribution in [-0.2, 0) is 33.2 Å². The van der Waals surface area contributed by atoms with E-state index in [4.69, 9.17) is 40.6 Å². The Labute approximate surface area is 378 Å². The van der Waals surface area contributed by atoms with Crippen molar-refractivity contribution in [3.8, 4) is 0 Å². The van der Waals surface area contributed by atoms with Gasteiger partial charge in [0.05, 0.1) is 41.5 Å². The summed E-state index contributed by atoms with van der Waals surface area (Å²) in [5, 5.41) is 66.7. The molecule has 0 amide bonds. The van der Waals surface area contributed by atoms with E-state index in [2.05, 4.69) is 22.5 Å². The molecule has 0 unspecified atom stereocenters. The van der Waals surface area contributed by atoms with Crippen molar-refractivity contribution in [2.75, 3.05) is 47.4 Å². The maximum atomic E-state index is 14.5. The van der Waals surface area contributed by atoms with Crippen LogP contribution in [0.2, 0.25) is 0 Å². The Morgan fingerprint density at radius 3 is 2.15 bits per heavy atom.